The highest BCUT2D eigenvalue weighted by molar-refractivity contribution is 8.00. The first-order chi connectivity index (χ1) is 15.9. The molecule has 3 aromatic carbocycles. The van der Waals surface area contributed by atoms with Gasteiger partial charge in [-0.2, -0.15) is 5.10 Å². The normalized spacial score (nSPS) is 10.9. The molecule has 0 heterocycles. The van der Waals surface area contributed by atoms with Gasteiger partial charge in [-0.05, 0) is 66.6 Å². The summed E-state index contributed by atoms with van der Waals surface area (Å²) in [6.07, 6.45) is 1.47. The van der Waals surface area contributed by atoms with Gasteiger partial charge >= 0.3 is 0 Å². The average Bonchev–Trinajstić information content (AvgIpc) is 2.78. The van der Waals surface area contributed by atoms with E-state index in [9.17, 15) is 9.18 Å². The number of ether oxygens (including phenoxy) is 2. The van der Waals surface area contributed by atoms with Crippen LogP contribution < -0.4 is 14.9 Å². The lowest BCUT2D eigenvalue weighted by Crippen LogP contribution is -2.19. The Labute approximate surface area is 205 Å². The van der Waals surface area contributed by atoms with Gasteiger partial charge < -0.3 is 9.47 Å². The number of hydrazone groups is 1. The largest absolute Gasteiger partial charge is 0.490 e. The average molecular weight is 507 g/mol. The van der Waals surface area contributed by atoms with Crippen molar-refractivity contribution in [2.75, 3.05) is 12.4 Å². The molecule has 0 aliphatic rings. The molecule has 1 amide bonds. The fourth-order valence-electron chi connectivity index (χ4n) is 2.74. The quantitative estimate of drug-likeness (QED) is 0.197. The lowest BCUT2D eigenvalue weighted by molar-refractivity contribution is -0.118. The van der Waals surface area contributed by atoms with Crippen LogP contribution in [0.5, 0.6) is 11.5 Å². The molecule has 0 radical (unpaired) electrons. The van der Waals surface area contributed by atoms with E-state index in [1.807, 2.05) is 19.1 Å². The second-order valence-corrected chi connectivity index (χ2v) is 8.61. The zero-order valence-electron chi connectivity index (χ0n) is 17.7. The molecule has 0 spiro atoms. The summed E-state index contributed by atoms with van der Waals surface area (Å²) in [5.74, 6) is 0.386. The molecule has 33 heavy (non-hydrogen) atoms. The third kappa shape index (κ3) is 7.96. The maximum absolute atomic E-state index is 13.4. The topological polar surface area (TPSA) is 59.9 Å². The number of hydrogen-bond donors (Lipinski definition) is 1. The van der Waals surface area contributed by atoms with E-state index in [0.29, 0.717) is 39.3 Å². The smallest absolute Gasteiger partial charge is 0.250 e. The van der Waals surface area contributed by atoms with Crippen molar-refractivity contribution in [1.82, 2.24) is 5.43 Å². The summed E-state index contributed by atoms with van der Waals surface area (Å²) in [7, 11) is 0. The Balaban J connectivity index is 1.60. The Kier molecular flexibility index (Phi) is 9.42. The molecular weight excluding hydrogens is 486 g/mol. The van der Waals surface area contributed by atoms with Gasteiger partial charge in [-0.3, -0.25) is 4.79 Å². The number of amides is 1. The minimum atomic E-state index is -0.340. The van der Waals surface area contributed by atoms with Gasteiger partial charge in [-0.15, -0.1) is 11.8 Å². The maximum Gasteiger partial charge on any atom is 0.250 e. The molecule has 3 aromatic rings. The molecular formula is C24H21Cl2FN2O3S. The van der Waals surface area contributed by atoms with Gasteiger partial charge in [0.15, 0.2) is 11.5 Å². The van der Waals surface area contributed by atoms with Gasteiger partial charge in [0.2, 0.25) is 5.91 Å². The molecule has 0 fully saturated rings. The lowest BCUT2D eigenvalue weighted by atomic mass is 10.2. The summed E-state index contributed by atoms with van der Waals surface area (Å²) in [5, 5.41) is 4.94. The third-order valence-electron chi connectivity index (χ3n) is 4.19. The van der Waals surface area contributed by atoms with Gasteiger partial charge in [0.25, 0.3) is 0 Å². The minimum Gasteiger partial charge on any atom is -0.490 e. The summed E-state index contributed by atoms with van der Waals surface area (Å²) < 4.78 is 24.8. The van der Waals surface area contributed by atoms with E-state index in [0.717, 1.165) is 4.90 Å². The zero-order chi connectivity index (χ0) is 23.6. The fraction of sp³-hybridized carbons (Fsp3) is 0.167. The summed E-state index contributed by atoms with van der Waals surface area (Å²) in [5.41, 5.74) is 3.77. The number of nitrogens with zero attached hydrogens (tertiary/aromatic N) is 1. The van der Waals surface area contributed by atoms with Crippen molar-refractivity contribution in [3.05, 3.63) is 87.7 Å². The van der Waals surface area contributed by atoms with Crippen molar-refractivity contribution in [3.8, 4) is 11.5 Å². The molecule has 0 aliphatic heterocycles. The number of thioether (sulfide) groups is 1. The second kappa shape index (κ2) is 12.5. The van der Waals surface area contributed by atoms with Crippen molar-refractivity contribution < 1.29 is 18.7 Å². The molecule has 0 bridgehead atoms. The molecule has 0 aromatic heterocycles. The number of benzene rings is 3. The number of halogens is 3. The summed E-state index contributed by atoms with van der Waals surface area (Å²) in [6.45, 7) is 2.36. The molecule has 5 nitrogen and oxygen atoms in total. The van der Waals surface area contributed by atoms with Crippen LogP contribution in [0.1, 0.15) is 18.1 Å². The molecule has 3 rings (SSSR count). The van der Waals surface area contributed by atoms with Gasteiger partial charge in [-0.25, -0.2) is 9.82 Å². The van der Waals surface area contributed by atoms with Crippen LogP contribution in [0.15, 0.2) is 70.7 Å². The van der Waals surface area contributed by atoms with Crippen molar-refractivity contribution in [1.29, 1.82) is 0 Å². The first-order valence-electron chi connectivity index (χ1n) is 9.98. The second-order valence-electron chi connectivity index (χ2n) is 6.72. The van der Waals surface area contributed by atoms with E-state index in [1.54, 1.807) is 36.4 Å². The summed E-state index contributed by atoms with van der Waals surface area (Å²) in [6, 6.07) is 16.7. The fourth-order valence-corrected chi connectivity index (χ4v) is 3.83. The van der Waals surface area contributed by atoms with E-state index in [2.05, 4.69) is 10.5 Å². The first-order valence-corrected chi connectivity index (χ1v) is 11.7. The molecule has 0 unspecified atom stereocenters. The Morgan fingerprint density at radius 2 is 1.91 bits per heavy atom. The van der Waals surface area contributed by atoms with E-state index in [-0.39, 0.29) is 24.1 Å². The highest BCUT2D eigenvalue weighted by Crippen LogP contribution is 2.37. The highest BCUT2D eigenvalue weighted by Gasteiger charge is 2.13. The van der Waals surface area contributed by atoms with Crippen LogP contribution in [-0.4, -0.2) is 24.5 Å². The van der Waals surface area contributed by atoms with Gasteiger partial charge in [-0.1, -0.05) is 35.3 Å². The standard InChI is InChI=1S/C24H21Cl2FN2O3S/c1-2-31-22-12-17(11-21(26)24(22)32-14-16-4-3-5-19(27)10-16)13-28-29-23(30)15-33-20-8-6-18(25)7-9-20/h3-13H,2,14-15H2,1H3,(H,29,30)/b28-13-. The van der Waals surface area contributed by atoms with Crippen molar-refractivity contribution in [2.24, 2.45) is 5.10 Å². The van der Waals surface area contributed by atoms with Crippen LogP contribution in [0.2, 0.25) is 10.0 Å². The summed E-state index contributed by atoms with van der Waals surface area (Å²) in [4.78, 5) is 13.0. The lowest BCUT2D eigenvalue weighted by Gasteiger charge is -2.14. The van der Waals surface area contributed by atoms with Crippen LogP contribution in [-0.2, 0) is 11.4 Å². The number of carbonyl (C=O) groups excluding carboxylic acids is 1. The van der Waals surface area contributed by atoms with Gasteiger partial charge in [0.05, 0.1) is 23.6 Å². The van der Waals surface area contributed by atoms with Crippen molar-refractivity contribution in [3.63, 3.8) is 0 Å². The van der Waals surface area contributed by atoms with Crippen LogP contribution in [0.3, 0.4) is 0 Å². The van der Waals surface area contributed by atoms with Gasteiger partial charge in [0, 0.05) is 9.92 Å². The molecule has 0 aliphatic carbocycles. The molecule has 0 saturated heterocycles. The van der Waals surface area contributed by atoms with Crippen molar-refractivity contribution >= 4 is 47.1 Å². The first kappa shape index (κ1) is 24.9. The summed E-state index contributed by atoms with van der Waals surface area (Å²) >= 11 is 13.6. The van der Waals surface area contributed by atoms with E-state index in [1.165, 1.54) is 30.1 Å². The SMILES string of the molecule is CCOc1cc(/C=N\NC(=O)CSc2ccc(Cl)cc2)cc(Cl)c1OCc1cccc(F)c1. The van der Waals surface area contributed by atoms with Crippen molar-refractivity contribution in [2.45, 2.75) is 18.4 Å². The minimum absolute atomic E-state index is 0.131. The zero-order valence-corrected chi connectivity index (χ0v) is 20.0. The Morgan fingerprint density at radius 1 is 1.12 bits per heavy atom. The van der Waals surface area contributed by atoms with E-state index >= 15 is 0 Å². The maximum atomic E-state index is 13.4. The predicted octanol–water partition coefficient (Wildman–Crippen LogP) is 6.35. The van der Waals surface area contributed by atoms with Crippen LogP contribution in [0, 0.1) is 5.82 Å². The molecule has 9 heteroatoms. The Hall–Kier alpha value is -2.74. The van der Waals surface area contributed by atoms with E-state index < -0.39 is 0 Å². The van der Waals surface area contributed by atoms with Crippen LogP contribution in [0.4, 0.5) is 4.39 Å². The van der Waals surface area contributed by atoms with Gasteiger partial charge in [0.1, 0.15) is 12.4 Å². The van der Waals surface area contributed by atoms with E-state index in [4.69, 9.17) is 32.7 Å². The molecule has 0 atom stereocenters. The van der Waals surface area contributed by atoms with Crippen LogP contribution in [0.25, 0.3) is 0 Å². The Bertz CT molecular complexity index is 1130. The molecule has 0 saturated carbocycles. The number of carbonyl (C=O) groups is 1. The highest BCUT2D eigenvalue weighted by atomic mass is 35.5. The number of nitrogens with one attached hydrogen (secondary N) is 1. The third-order valence-corrected chi connectivity index (χ3v) is 5.74. The predicted molar refractivity (Wildman–Crippen MR) is 131 cm³/mol. The van der Waals surface area contributed by atoms with Crippen LogP contribution >= 0.6 is 35.0 Å². The Morgan fingerprint density at radius 3 is 2.64 bits per heavy atom. The molecule has 172 valence electrons. The number of hydrogen-bond acceptors (Lipinski definition) is 5. The number of rotatable bonds is 10. The molecule has 1 N–H and O–H groups in total. The monoisotopic (exact) mass is 506 g/mol.